The fourth-order valence-electron chi connectivity index (χ4n) is 1.69. The Balaban J connectivity index is 2.13. The van der Waals surface area contributed by atoms with Gasteiger partial charge in [-0.05, 0) is 43.2 Å². The van der Waals surface area contributed by atoms with E-state index < -0.39 is 0 Å². The summed E-state index contributed by atoms with van der Waals surface area (Å²) in [6, 6.07) is 14.8. The van der Waals surface area contributed by atoms with Crippen molar-refractivity contribution in [3.8, 4) is 5.75 Å². The maximum atomic E-state index is 13.1. The first-order valence-electron chi connectivity index (χ1n) is 5.64. The molecule has 0 aliphatic rings. The molecule has 1 atom stereocenters. The van der Waals surface area contributed by atoms with Gasteiger partial charge in [-0.3, -0.25) is 0 Å². The van der Waals surface area contributed by atoms with Gasteiger partial charge >= 0.3 is 0 Å². The number of rotatable bonds is 3. The van der Waals surface area contributed by atoms with Crippen molar-refractivity contribution in [3.05, 3.63) is 65.5 Å². The molecule has 0 saturated heterocycles. The van der Waals surface area contributed by atoms with Gasteiger partial charge < -0.3 is 4.74 Å². The van der Waals surface area contributed by atoms with E-state index in [1.165, 1.54) is 6.07 Å². The Bertz CT molecular complexity index is 494. The van der Waals surface area contributed by atoms with Crippen LogP contribution in [-0.4, -0.2) is 0 Å². The molecule has 2 rings (SSSR count). The van der Waals surface area contributed by atoms with Crippen LogP contribution in [0.15, 0.2) is 48.5 Å². The fourth-order valence-corrected chi connectivity index (χ4v) is 1.69. The second-order valence-corrected chi connectivity index (χ2v) is 4.08. The van der Waals surface area contributed by atoms with Crippen LogP contribution in [0.2, 0.25) is 0 Å². The summed E-state index contributed by atoms with van der Waals surface area (Å²) in [4.78, 5) is 0. The minimum absolute atomic E-state index is 0.0407. The lowest BCUT2D eigenvalue weighted by atomic mass is 10.1. The van der Waals surface area contributed by atoms with Crippen molar-refractivity contribution in [1.82, 2.24) is 0 Å². The third kappa shape index (κ3) is 2.84. The van der Waals surface area contributed by atoms with Gasteiger partial charge in [-0.1, -0.05) is 30.3 Å². The van der Waals surface area contributed by atoms with Gasteiger partial charge in [-0.2, -0.15) is 0 Å². The van der Waals surface area contributed by atoms with E-state index in [0.29, 0.717) is 11.3 Å². The van der Waals surface area contributed by atoms with Crippen molar-refractivity contribution in [2.24, 2.45) is 0 Å². The fraction of sp³-hybridized carbons (Fsp3) is 0.200. The van der Waals surface area contributed by atoms with E-state index >= 15 is 0 Å². The van der Waals surface area contributed by atoms with E-state index in [1.807, 2.05) is 37.3 Å². The van der Waals surface area contributed by atoms with Crippen LogP contribution in [0.3, 0.4) is 0 Å². The highest BCUT2D eigenvalue weighted by molar-refractivity contribution is 5.30. The van der Waals surface area contributed by atoms with E-state index in [4.69, 9.17) is 4.74 Å². The Kier molecular flexibility index (Phi) is 3.43. The summed E-state index contributed by atoms with van der Waals surface area (Å²) in [5.41, 5.74) is 1.71. The van der Waals surface area contributed by atoms with Crippen LogP contribution in [0.4, 0.5) is 4.39 Å². The molecule has 0 amide bonds. The van der Waals surface area contributed by atoms with Gasteiger partial charge in [0, 0.05) is 0 Å². The van der Waals surface area contributed by atoms with Crippen LogP contribution in [0.5, 0.6) is 5.75 Å². The third-order valence-corrected chi connectivity index (χ3v) is 2.71. The van der Waals surface area contributed by atoms with Gasteiger partial charge in [-0.15, -0.1) is 0 Å². The maximum Gasteiger partial charge on any atom is 0.126 e. The van der Waals surface area contributed by atoms with Crippen LogP contribution < -0.4 is 4.74 Å². The minimum Gasteiger partial charge on any atom is -0.486 e. The monoisotopic (exact) mass is 230 g/mol. The molecule has 88 valence electrons. The number of hydrogen-bond acceptors (Lipinski definition) is 1. The number of hydrogen-bond donors (Lipinski definition) is 0. The summed E-state index contributed by atoms with van der Waals surface area (Å²) in [5, 5.41) is 0. The van der Waals surface area contributed by atoms with Crippen LogP contribution >= 0.6 is 0 Å². The molecule has 0 fully saturated rings. The second-order valence-electron chi connectivity index (χ2n) is 4.08. The summed E-state index contributed by atoms with van der Waals surface area (Å²) >= 11 is 0. The predicted molar refractivity (Wildman–Crippen MR) is 66.6 cm³/mol. The molecule has 1 unspecified atom stereocenters. The highest BCUT2D eigenvalue weighted by Crippen LogP contribution is 2.23. The van der Waals surface area contributed by atoms with Crippen LogP contribution in [0, 0.1) is 12.7 Å². The standard InChI is InChI=1S/C15H15FO/c1-11-10-14(8-9-15(11)16)17-12(2)13-6-4-3-5-7-13/h3-10,12H,1-2H3. The average molecular weight is 230 g/mol. The van der Waals surface area contributed by atoms with Gasteiger partial charge in [0.25, 0.3) is 0 Å². The van der Waals surface area contributed by atoms with Crippen LogP contribution in [-0.2, 0) is 0 Å². The van der Waals surface area contributed by atoms with Crippen LogP contribution in [0.1, 0.15) is 24.2 Å². The molecule has 0 N–H and O–H groups in total. The quantitative estimate of drug-likeness (QED) is 0.765. The van der Waals surface area contributed by atoms with E-state index in [9.17, 15) is 4.39 Å². The topological polar surface area (TPSA) is 9.23 Å². The van der Waals surface area contributed by atoms with E-state index in [-0.39, 0.29) is 11.9 Å². The molecule has 17 heavy (non-hydrogen) atoms. The predicted octanol–water partition coefficient (Wildman–Crippen LogP) is 4.27. The second kappa shape index (κ2) is 5.00. The molecule has 0 aliphatic heterocycles. The number of halogens is 1. The first kappa shape index (κ1) is 11.6. The van der Waals surface area contributed by atoms with Gasteiger partial charge in [0.1, 0.15) is 17.7 Å². The van der Waals surface area contributed by atoms with Gasteiger partial charge in [0.05, 0.1) is 0 Å². The molecule has 2 aromatic carbocycles. The zero-order chi connectivity index (χ0) is 12.3. The summed E-state index contributed by atoms with van der Waals surface area (Å²) < 4.78 is 18.9. The zero-order valence-electron chi connectivity index (χ0n) is 9.98. The minimum atomic E-state index is -0.204. The van der Waals surface area contributed by atoms with Crippen molar-refractivity contribution in [2.75, 3.05) is 0 Å². The molecule has 2 heteroatoms. The number of benzene rings is 2. The Morgan fingerprint density at radius 1 is 1.06 bits per heavy atom. The van der Waals surface area contributed by atoms with Crippen molar-refractivity contribution < 1.29 is 9.13 Å². The summed E-state index contributed by atoms with van der Waals surface area (Å²) in [6.07, 6.45) is -0.0407. The zero-order valence-corrected chi connectivity index (χ0v) is 9.98. The molecule has 0 saturated carbocycles. The summed E-state index contributed by atoms with van der Waals surface area (Å²) in [6.45, 7) is 3.71. The molecule has 0 bridgehead atoms. The molecule has 1 nitrogen and oxygen atoms in total. The lowest BCUT2D eigenvalue weighted by Gasteiger charge is -2.15. The highest BCUT2D eigenvalue weighted by Gasteiger charge is 2.07. The molecule has 0 aromatic heterocycles. The lowest BCUT2D eigenvalue weighted by Crippen LogP contribution is -2.03. The Morgan fingerprint density at radius 3 is 2.41 bits per heavy atom. The van der Waals surface area contributed by atoms with Crippen molar-refractivity contribution in [2.45, 2.75) is 20.0 Å². The number of ether oxygens (including phenoxy) is 1. The molecule has 0 radical (unpaired) electrons. The molecular formula is C15H15FO. The molecule has 0 aliphatic carbocycles. The SMILES string of the molecule is Cc1cc(OC(C)c2ccccc2)ccc1F. The van der Waals surface area contributed by atoms with Gasteiger partial charge in [-0.25, -0.2) is 4.39 Å². The molecule has 0 heterocycles. The molecule has 2 aromatic rings. The van der Waals surface area contributed by atoms with Crippen molar-refractivity contribution in [1.29, 1.82) is 0 Å². The van der Waals surface area contributed by atoms with Crippen LogP contribution in [0.25, 0.3) is 0 Å². The van der Waals surface area contributed by atoms with E-state index in [1.54, 1.807) is 19.1 Å². The van der Waals surface area contributed by atoms with E-state index in [0.717, 1.165) is 5.56 Å². The van der Waals surface area contributed by atoms with Gasteiger partial charge in [0.2, 0.25) is 0 Å². The Morgan fingerprint density at radius 2 is 1.76 bits per heavy atom. The maximum absolute atomic E-state index is 13.1. The normalized spacial score (nSPS) is 12.2. The molecule has 0 spiro atoms. The average Bonchev–Trinajstić information content (AvgIpc) is 2.35. The number of aryl methyl sites for hydroxylation is 1. The smallest absolute Gasteiger partial charge is 0.126 e. The first-order chi connectivity index (χ1) is 8.16. The Labute approximate surface area is 101 Å². The first-order valence-corrected chi connectivity index (χ1v) is 5.64. The highest BCUT2D eigenvalue weighted by atomic mass is 19.1. The van der Waals surface area contributed by atoms with Crippen molar-refractivity contribution in [3.63, 3.8) is 0 Å². The van der Waals surface area contributed by atoms with Crippen molar-refractivity contribution >= 4 is 0 Å². The van der Waals surface area contributed by atoms with E-state index in [2.05, 4.69) is 0 Å². The lowest BCUT2D eigenvalue weighted by molar-refractivity contribution is 0.226. The largest absolute Gasteiger partial charge is 0.486 e. The molecular weight excluding hydrogens is 215 g/mol. The Hall–Kier alpha value is -1.83. The van der Waals surface area contributed by atoms with Gasteiger partial charge in [0.15, 0.2) is 0 Å². The third-order valence-electron chi connectivity index (χ3n) is 2.71. The summed E-state index contributed by atoms with van der Waals surface area (Å²) in [5.74, 6) is 0.491. The summed E-state index contributed by atoms with van der Waals surface area (Å²) in [7, 11) is 0.